The second-order valence-corrected chi connectivity index (χ2v) is 14.4. The number of likely N-dealkylation sites (tertiary alicyclic amines) is 1. The van der Waals surface area contributed by atoms with Gasteiger partial charge >= 0.3 is 0 Å². The maximum Gasteiger partial charge on any atom is 0.237 e. The third-order valence-electron chi connectivity index (χ3n) is 10.3. The molecule has 0 amide bonds. The van der Waals surface area contributed by atoms with E-state index in [1.165, 1.54) is 24.8 Å². The first kappa shape index (κ1) is 33.1. The molecular formula is C38H41Cl2N5O3. The first-order chi connectivity index (χ1) is 23.2. The molecule has 1 saturated carbocycles. The molecule has 2 fully saturated rings. The van der Waals surface area contributed by atoms with Gasteiger partial charge in [-0.2, -0.15) is 0 Å². The Bertz CT molecular complexity index is 1870. The summed E-state index contributed by atoms with van der Waals surface area (Å²) in [6, 6.07) is 13.4. The number of ether oxygens (including phenoxy) is 1. The van der Waals surface area contributed by atoms with Crippen molar-refractivity contribution in [3.63, 3.8) is 0 Å². The minimum absolute atomic E-state index is 0.0562. The number of aliphatic hydroxyl groups is 1. The van der Waals surface area contributed by atoms with Crippen LogP contribution in [0.1, 0.15) is 64.8 Å². The fraction of sp³-hybridized carbons (Fsp3) is 0.421. The number of halogens is 2. The van der Waals surface area contributed by atoms with Gasteiger partial charge in [0, 0.05) is 62.4 Å². The van der Waals surface area contributed by atoms with Crippen LogP contribution in [0.25, 0.3) is 22.4 Å². The minimum atomic E-state index is -0.297. The van der Waals surface area contributed by atoms with Gasteiger partial charge in [-0.15, -0.1) is 0 Å². The fourth-order valence-electron chi connectivity index (χ4n) is 7.16. The number of Topliss-reactive ketones (excluding diaryl/α,β-unsaturated/α-hetero) is 1. The smallest absolute Gasteiger partial charge is 0.237 e. The van der Waals surface area contributed by atoms with E-state index in [1.54, 1.807) is 13.3 Å². The Morgan fingerprint density at radius 1 is 1.04 bits per heavy atom. The van der Waals surface area contributed by atoms with Crippen molar-refractivity contribution in [2.75, 3.05) is 33.3 Å². The zero-order valence-corrected chi connectivity index (χ0v) is 29.2. The zero-order valence-electron chi connectivity index (χ0n) is 27.7. The number of hydrogen-bond acceptors (Lipinski definition) is 8. The first-order valence-corrected chi connectivity index (χ1v) is 17.5. The predicted octanol–water partition coefficient (Wildman–Crippen LogP) is 6.98. The molecule has 0 unspecified atom stereocenters. The molecule has 0 bridgehead atoms. The van der Waals surface area contributed by atoms with Crippen molar-refractivity contribution >= 4 is 29.0 Å². The summed E-state index contributed by atoms with van der Waals surface area (Å²) in [5, 5.41) is 10.6. The van der Waals surface area contributed by atoms with Crippen LogP contribution in [-0.4, -0.2) is 75.0 Å². The fourth-order valence-corrected chi connectivity index (χ4v) is 7.78. The molecule has 10 heteroatoms. The van der Waals surface area contributed by atoms with Crippen molar-refractivity contribution in [1.82, 2.24) is 24.8 Å². The van der Waals surface area contributed by atoms with E-state index in [0.717, 1.165) is 54.0 Å². The number of aromatic nitrogens is 3. The van der Waals surface area contributed by atoms with Gasteiger partial charge in [0.1, 0.15) is 11.4 Å². The van der Waals surface area contributed by atoms with Gasteiger partial charge in [-0.25, -0.2) is 9.97 Å². The molecule has 4 aromatic rings. The lowest BCUT2D eigenvalue weighted by molar-refractivity contribution is -0.00403. The average molecular weight is 687 g/mol. The number of benzene rings is 2. The van der Waals surface area contributed by atoms with Gasteiger partial charge in [0.05, 0.1) is 40.8 Å². The third-order valence-corrected chi connectivity index (χ3v) is 11.2. The summed E-state index contributed by atoms with van der Waals surface area (Å²) < 4.78 is 5.57. The molecule has 7 rings (SSSR count). The number of ketones is 1. The Morgan fingerprint density at radius 2 is 1.77 bits per heavy atom. The Balaban J connectivity index is 1.11. The molecule has 0 spiro atoms. The lowest BCUT2D eigenvalue weighted by Crippen LogP contribution is -2.50. The van der Waals surface area contributed by atoms with E-state index in [-0.39, 0.29) is 18.3 Å². The molecule has 48 heavy (non-hydrogen) atoms. The van der Waals surface area contributed by atoms with Gasteiger partial charge in [-0.1, -0.05) is 66.5 Å². The second-order valence-electron chi connectivity index (χ2n) is 13.7. The van der Waals surface area contributed by atoms with Crippen LogP contribution in [-0.2, 0) is 25.9 Å². The number of hydrogen-bond donors (Lipinski definition) is 1. The standard InChI is InChI=1S/C38H41Cl2N5O3/c1-4-38(12-13-38)22-44-14-11-26-23(2)15-30(42-32(26)20-44)34(47)16-24-7-5-8-27(35(24)39)28-9-6-10-29(36(28)40)31-17-41-33(37(43-31)48-3)21-45-18-25(46)19-45/h5-10,15,17,25,46H,4,11-14,16,18-22H2,1-3H3. The van der Waals surface area contributed by atoms with E-state index < -0.39 is 0 Å². The van der Waals surface area contributed by atoms with Crippen LogP contribution in [0.4, 0.5) is 0 Å². The minimum Gasteiger partial charge on any atom is -0.480 e. The Labute approximate surface area is 292 Å². The highest BCUT2D eigenvalue weighted by Gasteiger charge is 2.42. The monoisotopic (exact) mass is 685 g/mol. The molecule has 8 nitrogen and oxygen atoms in total. The van der Waals surface area contributed by atoms with Gasteiger partial charge in [0.15, 0.2) is 5.78 Å². The van der Waals surface area contributed by atoms with E-state index in [4.69, 9.17) is 37.9 Å². The number of rotatable bonds is 11. The lowest BCUT2D eigenvalue weighted by Gasteiger charge is -2.35. The molecule has 1 saturated heterocycles. The number of carbonyl (C=O) groups excluding carboxylic acids is 1. The Hall–Kier alpha value is -3.40. The molecule has 1 N–H and O–H groups in total. The number of aryl methyl sites for hydroxylation is 1. The summed E-state index contributed by atoms with van der Waals surface area (Å²) in [5.41, 5.74) is 8.58. The van der Waals surface area contributed by atoms with Crippen LogP contribution >= 0.6 is 23.2 Å². The van der Waals surface area contributed by atoms with E-state index >= 15 is 0 Å². The number of methoxy groups -OCH3 is 1. The normalized spacial score (nSPS) is 17.5. The quantitative estimate of drug-likeness (QED) is 0.169. The second kappa shape index (κ2) is 13.5. The van der Waals surface area contributed by atoms with Crippen LogP contribution in [0.3, 0.4) is 0 Å². The van der Waals surface area contributed by atoms with Crippen molar-refractivity contribution in [2.45, 2.75) is 65.1 Å². The van der Waals surface area contributed by atoms with Gasteiger partial charge in [-0.05, 0) is 60.8 Å². The number of fused-ring (bicyclic) bond motifs is 1. The van der Waals surface area contributed by atoms with Crippen molar-refractivity contribution < 1.29 is 14.6 Å². The number of β-amino-alcohol motifs (C(OH)–C–C–N with tert-alkyl or cyclic N) is 1. The molecular weight excluding hydrogens is 645 g/mol. The molecule has 1 aliphatic carbocycles. The maximum absolute atomic E-state index is 13.7. The highest BCUT2D eigenvalue weighted by Crippen LogP contribution is 2.49. The topological polar surface area (TPSA) is 91.7 Å². The molecule has 2 aromatic heterocycles. The molecule has 250 valence electrons. The summed E-state index contributed by atoms with van der Waals surface area (Å²) in [6.07, 6.45) is 6.35. The lowest BCUT2D eigenvalue weighted by atomic mass is 9.95. The highest BCUT2D eigenvalue weighted by atomic mass is 35.5. The van der Waals surface area contributed by atoms with E-state index in [2.05, 4.69) is 28.6 Å². The van der Waals surface area contributed by atoms with Crippen molar-refractivity contribution in [3.8, 4) is 28.3 Å². The van der Waals surface area contributed by atoms with Crippen LogP contribution in [0.2, 0.25) is 10.0 Å². The molecule has 0 radical (unpaired) electrons. The van der Waals surface area contributed by atoms with Crippen molar-refractivity contribution in [1.29, 1.82) is 0 Å². The summed E-state index contributed by atoms with van der Waals surface area (Å²) in [6.45, 7) is 9.10. The average Bonchev–Trinajstić information content (AvgIpc) is 3.85. The van der Waals surface area contributed by atoms with Gasteiger partial charge in [0.2, 0.25) is 5.88 Å². The largest absolute Gasteiger partial charge is 0.480 e. The number of nitrogens with zero attached hydrogens (tertiary/aromatic N) is 5. The van der Waals surface area contributed by atoms with Crippen LogP contribution in [0.15, 0.2) is 48.7 Å². The molecule has 0 atom stereocenters. The van der Waals surface area contributed by atoms with Crippen molar-refractivity contribution in [3.05, 3.63) is 92.5 Å². The Morgan fingerprint density at radius 3 is 2.48 bits per heavy atom. The molecule has 3 aliphatic rings. The van der Waals surface area contributed by atoms with Crippen LogP contribution in [0.5, 0.6) is 5.88 Å². The summed E-state index contributed by atoms with van der Waals surface area (Å²) in [7, 11) is 1.57. The highest BCUT2D eigenvalue weighted by molar-refractivity contribution is 6.38. The van der Waals surface area contributed by atoms with Gasteiger partial charge in [-0.3, -0.25) is 19.6 Å². The SMILES string of the molecule is CCC1(CN2CCc3c(C)cc(C(=O)Cc4cccc(-c5cccc(-c6cnc(CN7CC(O)C7)c(OC)n6)c5Cl)c4Cl)nc3C2)CC1. The maximum atomic E-state index is 13.7. The predicted molar refractivity (Wildman–Crippen MR) is 189 cm³/mol. The van der Waals surface area contributed by atoms with E-state index in [9.17, 15) is 9.90 Å². The number of pyridine rings is 1. The molecule has 4 heterocycles. The molecule has 2 aliphatic heterocycles. The zero-order chi connectivity index (χ0) is 33.6. The Kier molecular flexibility index (Phi) is 9.30. The van der Waals surface area contributed by atoms with E-state index in [1.807, 2.05) is 42.5 Å². The van der Waals surface area contributed by atoms with Crippen molar-refractivity contribution in [2.24, 2.45) is 5.41 Å². The summed E-state index contributed by atoms with van der Waals surface area (Å²) in [4.78, 5) is 32.6. The van der Waals surface area contributed by atoms with Gasteiger partial charge in [0.25, 0.3) is 0 Å². The number of aliphatic hydroxyl groups excluding tert-OH is 1. The molecule has 2 aromatic carbocycles. The third kappa shape index (κ3) is 6.61. The summed E-state index contributed by atoms with van der Waals surface area (Å²) in [5.74, 6) is 0.361. The van der Waals surface area contributed by atoms with Gasteiger partial charge < -0.3 is 9.84 Å². The van der Waals surface area contributed by atoms with Crippen LogP contribution in [0, 0.1) is 12.3 Å². The van der Waals surface area contributed by atoms with Crippen LogP contribution < -0.4 is 4.74 Å². The van der Waals surface area contributed by atoms with E-state index in [0.29, 0.717) is 63.6 Å². The first-order valence-electron chi connectivity index (χ1n) is 16.8. The number of carbonyl (C=O) groups is 1. The summed E-state index contributed by atoms with van der Waals surface area (Å²) >= 11 is 14.1.